The van der Waals surface area contributed by atoms with Crippen molar-refractivity contribution < 1.29 is 0 Å². The summed E-state index contributed by atoms with van der Waals surface area (Å²) in [5, 5.41) is 0. The molecular formula is C49H35BrN2. The van der Waals surface area contributed by atoms with E-state index in [2.05, 4.69) is 238 Å². The van der Waals surface area contributed by atoms with Crippen molar-refractivity contribution >= 4 is 50.1 Å². The molecule has 0 unspecified atom stereocenters. The Morgan fingerprint density at radius 1 is 0.308 bits per heavy atom. The lowest BCUT2D eigenvalue weighted by Crippen LogP contribution is -2.28. The van der Waals surface area contributed by atoms with E-state index in [-0.39, 0.29) is 0 Å². The number of fused-ring (bicyclic) bond motifs is 3. The van der Waals surface area contributed by atoms with Crippen molar-refractivity contribution in [2.75, 3.05) is 9.80 Å². The van der Waals surface area contributed by atoms with Gasteiger partial charge < -0.3 is 9.80 Å². The minimum Gasteiger partial charge on any atom is -0.310 e. The van der Waals surface area contributed by atoms with Crippen LogP contribution in [0.3, 0.4) is 0 Å². The van der Waals surface area contributed by atoms with E-state index in [1.165, 1.54) is 33.4 Å². The van der Waals surface area contributed by atoms with Gasteiger partial charge in [0.1, 0.15) is 0 Å². The lowest BCUT2D eigenvalue weighted by Gasteiger charge is -2.34. The lowest BCUT2D eigenvalue weighted by molar-refractivity contribution is 0.768. The Labute approximate surface area is 314 Å². The van der Waals surface area contributed by atoms with Crippen molar-refractivity contribution in [2.45, 2.75) is 5.41 Å². The van der Waals surface area contributed by atoms with Gasteiger partial charge in [-0.15, -0.1) is 0 Å². The maximum atomic E-state index is 3.92. The van der Waals surface area contributed by atoms with Gasteiger partial charge in [-0.05, 0) is 100 Å². The number of hydrogen-bond acceptors (Lipinski definition) is 2. The zero-order valence-electron chi connectivity index (χ0n) is 28.5. The summed E-state index contributed by atoms with van der Waals surface area (Å²) in [6.45, 7) is 0. The molecular weight excluding hydrogens is 696 g/mol. The van der Waals surface area contributed by atoms with Gasteiger partial charge in [-0.3, -0.25) is 0 Å². The molecule has 3 heteroatoms. The van der Waals surface area contributed by atoms with Crippen molar-refractivity contribution in [3.8, 4) is 11.1 Å². The Morgan fingerprint density at radius 2 is 0.712 bits per heavy atom. The average Bonchev–Trinajstić information content (AvgIpc) is 3.50. The Balaban J connectivity index is 1.26. The molecule has 0 fully saturated rings. The summed E-state index contributed by atoms with van der Waals surface area (Å²) in [5.41, 5.74) is 13.6. The van der Waals surface area contributed by atoms with Gasteiger partial charge in [-0.2, -0.15) is 0 Å². The van der Waals surface area contributed by atoms with E-state index in [9.17, 15) is 0 Å². The molecule has 0 saturated heterocycles. The van der Waals surface area contributed by atoms with E-state index in [1.807, 2.05) is 0 Å². The monoisotopic (exact) mass is 730 g/mol. The molecule has 1 aliphatic carbocycles. The molecule has 0 saturated carbocycles. The summed E-state index contributed by atoms with van der Waals surface area (Å²) >= 11 is 3.92. The first kappa shape index (κ1) is 31.8. The molecule has 0 bridgehead atoms. The maximum absolute atomic E-state index is 3.92. The van der Waals surface area contributed by atoms with Gasteiger partial charge >= 0.3 is 0 Å². The zero-order valence-corrected chi connectivity index (χ0v) is 30.1. The highest BCUT2D eigenvalue weighted by Gasteiger charge is 2.46. The first-order valence-corrected chi connectivity index (χ1v) is 18.4. The van der Waals surface area contributed by atoms with Crippen LogP contribution in [0.25, 0.3) is 11.1 Å². The molecule has 248 valence electrons. The van der Waals surface area contributed by atoms with Gasteiger partial charge in [0.25, 0.3) is 0 Å². The van der Waals surface area contributed by atoms with Crippen LogP contribution >= 0.6 is 15.9 Å². The van der Waals surface area contributed by atoms with Crippen LogP contribution in [-0.4, -0.2) is 0 Å². The second kappa shape index (κ2) is 13.5. The smallest absolute Gasteiger partial charge is 0.0713 e. The van der Waals surface area contributed by atoms with Crippen LogP contribution in [0.4, 0.5) is 34.1 Å². The summed E-state index contributed by atoms with van der Waals surface area (Å²) < 4.78 is 0.997. The molecule has 0 radical (unpaired) electrons. The van der Waals surface area contributed by atoms with E-state index >= 15 is 0 Å². The highest BCUT2D eigenvalue weighted by Crippen LogP contribution is 2.57. The Morgan fingerprint density at radius 3 is 1.21 bits per heavy atom. The van der Waals surface area contributed by atoms with E-state index in [0.717, 1.165) is 38.6 Å². The quantitative estimate of drug-likeness (QED) is 0.154. The minimum atomic E-state index is -0.445. The van der Waals surface area contributed by atoms with Gasteiger partial charge in [0.05, 0.1) is 5.41 Å². The van der Waals surface area contributed by atoms with E-state index in [1.54, 1.807) is 0 Å². The standard InChI is InChI=1S/C49H35BrN2/c50-38-32-43(51(39-22-10-3-11-23-39)40-24-12-4-13-25-40)34-44(33-38)52(41-26-14-5-15-27-41)42-30-31-48-46(35-42)45-28-16-17-29-47(45)49(48,36-18-6-1-7-19-36)37-20-8-2-9-21-37/h1-35H. The van der Waals surface area contributed by atoms with Crippen molar-refractivity contribution in [2.24, 2.45) is 0 Å². The highest BCUT2D eigenvalue weighted by atomic mass is 79.9. The Hall–Kier alpha value is -6.16. The topological polar surface area (TPSA) is 6.48 Å². The predicted molar refractivity (Wildman–Crippen MR) is 221 cm³/mol. The van der Waals surface area contributed by atoms with Crippen molar-refractivity contribution in [1.82, 2.24) is 0 Å². The molecule has 0 heterocycles. The fourth-order valence-electron chi connectivity index (χ4n) is 8.02. The average molecular weight is 732 g/mol. The molecule has 0 aromatic heterocycles. The molecule has 8 aromatic rings. The molecule has 1 aliphatic rings. The van der Waals surface area contributed by atoms with E-state index in [4.69, 9.17) is 0 Å². The third-order valence-corrected chi connectivity index (χ3v) is 10.6. The van der Waals surface area contributed by atoms with Gasteiger partial charge in [0, 0.05) is 38.6 Å². The second-order valence-corrected chi connectivity index (χ2v) is 14.0. The van der Waals surface area contributed by atoms with Gasteiger partial charge in [-0.25, -0.2) is 0 Å². The SMILES string of the molecule is Brc1cc(N(c2ccccc2)c2ccccc2)cc(N(c2ccccc2)c2ccc3c(c2)-c2ccccc2C3(c2ccccc2)c2ccccc2)c1. The van der Waals surface area contributed by atoms with Crippen molar-refractivity contribution in [3.63, 3.8) is 0 Å². The number of anilines is 6. The lowest BCUT2D eigenvalue weighted by atomic mass is 9.68. The Bertz CT molecular complexity index is 2390. The molecule has 9 rings (SSSR count). The van der Waals surface area contributed by atoms with Crippen LogP contribution in [-0.2, 0) is 5.41 Å². The number of halogens is 1. The van der Waals surface area contributed by atoms with Crippen LogP contribution < -0.4 is 9.80 Å². The molecule has 8 aromatic carbocycles. The van der Waals surface area contributed by atoms with Crippen LogP contribution in [0.5, 0.6) is 0 Å². The van der Waals surface area contributed by atoms with E-state index in [0.29, 0.717) is 0 Å². The van der Waals surface area contributed by atoms with Crippen molar-refractivity contribution in [3.05, 3.63) is 239 Å². The zero-order chi connectivity index (χ0) is 34.9. The molecule has 0 spiro atoms. The summed E-state index contributed by atoms with van der Waals surface area (Å²) in [4.78, 5) is 4.68. The summed E-state index contributed by atoms with van der Waals surface area (Å²) in [5.74, 6) is 0. The van der Waals surface area contributed by atoms with Gasteiger partial charge in [-0.1, -0.05) is 162 Å². The summed E-state index contributed by atoms with van der Waals surface area (Å²) in [6, 6.07) is 76.4. The maximum Gasteiger partial charge on any atom is 0.0713 e. The normalized spacial score (nSPS) is 12.5. The summed E-state index contributed by atoms with van der Waals surface area (Å²) in [7, 11) is 0. The first-order chi connectivity index (χ1) is 25.7. The fraction of sp³-hybridized carbons (Fsp3) is 0.0204. The fourth-order valence-corrected chi connectivity index (χ4v) is 8.49. The third-order valence-electron chi connectivity index (χ3n) is 10.1. The first-order valence-electron chi connectivity index (χ1n) is 17.6. The second-order valence-electron chi connectivity index (χ2n) is 13.1. The molecule has 0 N–H and O–H groups in total. The molecule has 0 amide bonds. The summed E-state index contributed by atoms with van der Waals surface area (Å²) in [6.07, 6.45) is 0. The highest BCUT2D eigenvalue weighted by molar-refractivity contribution is 9.10. The molecule has 2 nitrogen and oxygen atoms in total. The number of nitrogens with zero attached hydrogens (tertiary/aromatic N) is 2. The predicted octanol–water partition coefficient (Wildman–Crippen LogP) is 13.8. The number of benzene rings is 8. The molecule has 52 heavy (non-hydrogen) atoms. The number of hydrogen-bond donors (Lipinski definition) is 0. The largest absolute Gasteiger partial charge is 0.310 e. The number of rotatable bonds is 8. The van der Waals surface area contributed by atoms with Gasteiger partial charge in [0.15, 0.2) is 0 Å². The van der Waals surface area contributed by atoms with Gasteiger partial charge in [0.2, 0.25) is 0 Å². The van der Waals surface area contributed by atoms with E-state index < -0.39 is 5.41 Å². The number of para-hydroxylation sites is 3. The molecule has 0 atom stereocenters. The van der Waals surface area contributed by atoms with Crippen LogP contribution in [0.15, 0.2) is 217 Å². The Kier molecular flexibility index (Phi) is 8.27. The molecule has 0 aliphatic heterocycles. The van der Waals surface area contributed by atoms with Crippen LogP contribution in [0.1, 0.15) is 22.3 Å². The van der Waals surface area contributed by atoms with Crippen LogP contribution in [0.2, 0.25) is 0 Å². The minimum absolute atomic E-state index is 0.445. The third kappa shape index (κ3) is 5.42. The van der Waals surface area contributed by atoms with Crippen molar-refractivity contribution in [1.29, 1.82) is 0 Å². The van der Waals surface area contributed by atoms with Crippen LogP contribution in [0, 0.1) is 0 Å².